The smallest absolute Gasteiger partial charge is 0.256 e. The van der Waals surface area contributed by atoms with Gasteiger partial charge in [-0.1, -0.05) is 30.7 Å². The molecule has 5 heteroatoms. The molecule has 0 radical (unpaired) electrons. The van der Waals surface area contributed by atoms with Crippen LogP contribution < -0.4 is 5.32 Å². The normalized spacial score (nSPS) is 9.95. The monoisotopic (exact) mass is 316 g/mol. The number of thioether (sulfide) groups is 1. The molecule has 0 unspecified atom stereocenters. The van der Waals surface area contributed by atoms with Crippen LogP contribution in [-0.2, 0) is 0 Å². The van der Waals surface area contributed by atoms with Crippen LogP contribution in [0, 0.1) is 11.3 Å². The van der Waals surface area contributed by atoms with Crippen LogP contribution in [0.4, 0.5) is 5.69 Å². The van der Waals surface area contributed by atoms with Crippen LogP contribution in [0.5, 0.6) is 0 Å². The van der Waals surface area contributed by atoms with Crippen LogP contribution in [0.25, 0.3) is 0 Å². The number of anilines is 1. The van der Waals surface area contributed by atoms with Gasteiger partial charge in [-0.15, -0.1) is 11.8 Å². The van der Waals surface area contributed by atoms with Crippen LogP contribution in [0.3, 0.4) is 0 Å². The van der Waals surface area contributed by atoms with Crippen molar-refractivity contribution in [2.75, 3.05) is 11.1 Å². The Hall–Kier alpha value is -1.96. The lowest BCUT2D eigenvalue weighted by molar-refractivity contribution is 0.102. The molecule has 0 saturated heterocycles. The lowest BCUT2D eigenvalue weighted by atomic mass is 10.2. The number of carbonyl (C=O) groups is 1. The van der Waals surface area contributed by atoms with Gasteiger partial charge in [0.2, 0.25) is 0 Å². The van der Waals surface area contributed by atoms with E-state index < -0.39 is 0 Å². The molecule has 0 atom stereocenters. The summed E-state index contributed by atoms with van der Waals surface area (Å²) < 4.78 is 0. The second-order valence-corrected chi connectivity index (χ2v) is 5.90. The largest absolute Gasteiger partial charge is 0.322 e. The first kappa shape index (κ1) is 15.4. The second kappa shape index (κ2) is 7.16. The van der Waals surface area contributed by atoms with Gasteiger partial charge in [-0.3, -0.25) is 4.79 Å². The van der Waals surface area contributed by atoms with E-state index in [4.69, 9.17) is 16.9 Å². The summed E-state index contributed by atoms with van der Waals surface area (Å²) >= 11 is 7.58. The van der Waals surface area contributed by atoms with Gasteiger partial charge in [-0.2, -0.15) is 5.26 Å². The summed E-state index contributed by atoms with van der Waals surface area (Å²) in [6.45, 7) is 2.04. The number of nitrogens with zero attached hydrogens (tertiary/aromatic N) is 1. The topological polar surface area (TPSA) is 52.9 Å². The summed E-state index contributed by atoms with van der Waals surface area (Å²) in [5.41, 5.74) is 1.58. The number of nitriles is 1. The van der Waals surface area contributed by atoms with Gasteiger partial charge in [0.15, 0.2) is 0 Å². The van der Waals surface area contributed by atoms with Crippen molar-refractivity contribution < 1.29 is 4.79 Å². The first-order valence-electron chi connectivity index (χ1n) is 6.38. The highest BCUT2D eigenvalue weighted by atomic mass is 35.5. The lowest BCUT2D eigenvalue weighted by Gasteiger charge is -2.09. The van der Waals surface area contributed by atoms with E-state index in [1.807, 2.05) is 31.2 Å². The summed E-state index contributed by atoms with van der Waals surface area (Å²) in [5.74, 6) is 0.708. The van der Waals surface area contributed by atoms with E-state index in [2.05, 4.69) is 5.32 Å². The summed E-state index contributed by atoms with van der Waals surface area (Å²) in [6.07, 6.45) is 0. The van der Waals surface area contributed by atoms with Crippen molar-refractivity contribution in [2.24, 2.45) is 0 Å². The first-order valence-corrected chi connectivity index (χ1v) is 7.75. The van der Waals surface area contributed by atoms with Crippen LogP contribution in [0.1, 0.15) is 22.8 Å². The number of hydrogen-bond acceptors (Lipinski definition) is 3. The summed E-state index contributed by atoms with van der Waals surface area (Å²) in [7, 11) is 0. The van der Waals surface area contributed by atoms with Gasteiger partial charge in [0.25, 0.3) is 5.91 Å². The average Bonchev–Trinajstić information content (AvgIpc) is 2.48. The van der Waals surface area contributed by atoms with Crippen molar-refractivity contribution in [3.05, 3.63) is 58.6 Å². The lowest BCUT2D eigenvalue weighted by Crippen LogP contribution is -2.13. The predicted octanol–water partition coefficient (Wildman–Crippen LogP) is 4.58. The van der Waals surface area contributed by atoms with Crippen molar-refractivity contribution in [1.82, 2.24) is 0 Å². The molecular formula is C16H13ClN2OS. The van der Waals surface area contributed by atoms with Crippen LogP contribution in [-0.4, -0.2) is 11.7 Å². The number of amides is 1. The molecule has 0 aromatic heterocycles. The van der Waals surface area contributed by atoms with Crippen molar-refractivity contribution >= 4 is 35.0 Å². The van der Waals surface area contributed by atoms with E-state index in [0.29, 0.717) is 21.8 Å². The Bertz CT molecular complexity index is 710. The Morgan fingerprint density at radius 3 is 2.76 bits per heavy atom. The molecule has 2 aromatic carbocycles. The van der Waals surface area contributed by atoms with Gasteiger partial charge < -0.3 is 5.32 Å². The van der Waals surface area contributed by atoms with Gasteiger partial charge in [-0.25, -0.2) is 0 Å². The Labute approximate surface area is 132 Å². The zero-order valence-electron chi connectivity index (χ0n) is 11.4. The number of nitrogens with one attached hydrogen (secondary N) is 1. The number of benzene rings is 2. The third-order valence-corrected chi connectivity index (χ3v) is 4.05. The van der Waals surface area contributed by atoms with E-state index in [-0.39, 0.29) is 5.91 Å². The third kappa shape index (κ3) is 3.78. The zero-order valence-corrected chi connectivity index (χ0v) is 13.0. The molecule has 0 aliphatic heterocycles. The minimum absolute atomic E-state index is 0.188. The molecule has 0 bridgehead atoms. The van der Waals surface area contributed by atoms with Gasteiger partial charge in [0.05, 0.1) is 16.1 Å². The van der Waals surface area contributed by atoms with E-state index in [0.717, 1.165) is 10.6 Å². The highest BCUT2D eigenvalue weighted by Gasteiger charge is 2.11. The standard InChI is InChI=1S/C16H13ClN2OS/c1-2-21-15-6-4-3-5-13(15)16(20)19-12-8-7-11(10-18)14(17)9-12/h3-9H,2H2,1H3,(H,19,20). The SMILES string of the molecule is CCSc1ccccc1C(=O)Nc1ccc(C#N)c(Cl)c1. The Kier molecular flexibility index (Phi) is 5.26. The minimum atomic E-state index is -0.188. The fraction of sp³-hybridized carbons (Fsp3) is 0.125. The molecule has 0 fully saturated rings. The van der Waals surface area contributed by atoms with Gasteiger partial charge in [0, 0.05) is 10.6 Å². The maximum Gasteiger partial charge on any atom is 0.256 e. The molecule has 0 aliphatic carbocycles. The average molecular weight is 317 g/mol. The molecule has 3 nitrogen and oxygen atoms in total. The van der Waals surface area contributed by atoms with Crippen molar-refractivity contribution in [1.29, 1.82) is 5.26 Å². The fourth-order valence-electron chi connectivity index (χ4n) is 1.82. The first-order chi connectivity index (χ1) is 10.2. The molecule has 106 valence electrons. The Morgan fingerprint density at radius 2 is 2.10 bits per heavy atom. The van der Waals surface area contributed by atoms with Crippen molar-refractivity contribution in [3.63, 3.8) is 0 Å². The quantitative estimate of drug-likeness (QED) is 0.840. The zero-order chi connectivity index (χ0) is 15.2. The summed E-state index contributed by atoms with van der Waals surface area (Å²) in [5, 5.41) is 12.0. The summed E-state index contributed by atoms with van der Waals surface area (Å²) in [4.78, 5) is 13.3. The molecule has 0 aliphatic rings. The fourth-order valence-corrected chi connectivity index (χ4v) is 2.84. The molecule has 2 aromatic rings. The molecule has 0 heterocycles. The highest BCUT2D eigenvalue weighted by Crippen LogP contribution is 2.24. The molecular weight excluding hydrogens is 304 g/mol. The summed E-state index contributed by atoms with van der Waals surface area (Å²) in [6, 6.07) is 14.3. The maximum absolute atomic E-state index is 12.3. The molecule has 0 saturated carbocycles. The van der Waals surface area contributed by atoms with E-state index >= 15 is 0 Å². The van der Waals surface area contributed by atoms with Gasteiger partial charge >= 0.3 is 0 Å². The highest BCUT2D eigenvalue weighted by molar-refractivity contribution is 7.99. The van der Waals surface area contributed by atoms with Crippen LogP contribution in [0.2, 0.25) is 5.02 Å². The number of rotatable bonds is 4. The second-order valence-electron chi connectivity index (χ2n) is 4.19. The van der Waals surface area contributed by atoms with Gasteiger partial charge in [0.1, 0.15) is 6.07 Å². The number of hydrogen-bond donors (Lipinski definition) is 1. The Balaban J connectivity index is 2.22. The minimum Gasteiger partial charge on any atom is -0.322 e. The van der Waals surface area contributed by atoms with E-state index in [1.54, 1.807) is 36.0 Å². The molecule has 2 rings (SSSR count). The molecule has 0 spiro atoms. The third-order valence-electron chi connectivity index (χ3n) is 2.78. The van der Waals surface area contributed by atoms with Crippen molar-refractivity contribution in [3.8, 4) is 6.07 Å². The number of carbonyl (C=O) groups excluding carboxylic acids is 1. The molecule has 21 heavy (non-hydrogen) atoms. The van der Waals surface area contributed by atoms with Crippen LogP contribution in [0.15, 0.2) is 47.4 Å². The maximum atomic E-state index is 12.3. The molecule has 1 amide bonds. The van der Waals surface area contributed by atoms with Crippen LogP contribution >= 0.6 is 23.4 Å². The van der Waals surface area contributed by atoms with E-state index in [1.165, 1.54) is 0 Å². The Morgan fingerprint density at radius 1 is 1.33 bits per heavy atom. The predicted molar refractivity (Wildman–Crippen MR) is 87.0 cm³/mol. The number of halogens is 1. The van der Waals surface area contributed by atoms with E-state index in [9.17, 15) is 4.79 Å². The molecule has 1 N–H and O–H groups in total. The van der Waals surface area contributed by atoms with Crippen molar-refractivity contribution in [2.45, 2.75) is 11.8 Å². The van der Waals surface area contributed by atoms with Gasteiger partial charge in [-0.05, 0) is 36.1 Å².